The van der Waals surface area contributed by atoms with Gasteiger partial charge >= 0.3 is 0 Å². The van der Waals surface area contributed by atoms with Crippen LogP contribution >= 0.6 is 22.6 Å². The number of furan rings is 1. The largest absolute Gasteiger partial charge is 0.457 e. The summed E-state index contributed by atoms with van der Waals surface area (Å²) in [7, 11) is 0. The minimum absolute atomic E-state index is 0.253. The second-order valence-electron chi connectivity index (χ2n) is 4.75. The summed E-state index contributed by atoms with van der Waals surface area (Å²) in [6.07, 6.45) is 4.75. The van der Waals surface area contributed by atoms with Gasteiger partial charge in [-0.05, 0) is 52.9 Å². The van der Waals surface area contributed by atoms with E-state index in [-0.39, 0.29) is 5.91 Å². The molecule has 114 valence electrons. The molecule has 0 fully saturated rings. The third-order valence-corrected chi connectivity index (χ3v) is 3.70. The van der Waals surface area contributed by atoms with E-state index in [1.807, 2.05) is 48.5 Å². The van der Waals surface area contributed by atoms with Crippen molar-refractivity contribution in [2.45, 2.75) is 0 Å². The normalized spacial score (nSPS) is 10.8. The van der Waals surface area contributed by atoms with Crippen LogP contribution in [0, 0.1) is 3.57 Å². The number of nitrogens with one attached hydrogen (secondary N) is 1. The van der Waals surface area contributed by atoms with E-state index in [2.05, 4.69) is 32.9 Å². The Balaban J connectivity index is 1.65. The molecule has 0 saturated carbocycles. The van der Waals surface area contributed by atoms with E-state index in [9.17, 15) is 4.79 Å². The summed E-state index contributed by atoms with van der Waals surface area (Å²) in [5.74, 6) is 1.65. The molecule has 0 atom stereocenters. The molecule has 0 saturated heterocycles. The maximum Gasteiger partial charge on any atom is 0.249 e. The number of anilines is 1. The first-order chi connectivity index (χ1) is 11.2. The molecule has 2 aromatic heterocycles. The number of carbonyl (C=O) groups excluding carboxylic acids is 1. The summed E-state index contributed by atoms with van der Waals surface area (Å²) in [5.41, 5.74) is 1.000. The number of carbonyl (C=O) groups is 1. The quantitative estimate of drug-likeness (QED) is 0.500. The van der Waals surface area contributed by atoms with Crippen molar-refractivity contribution in [3.63, 3.8) is 0 Å². The summed E-state index contributed by atoms with van der Waals surface area (Å²) >= 11 is 2.16. The molecule has 0 bridgehead atoms. The average Bonchev–Trinajstić information content (AvgIpc) is 3.05. The lowest BCUT2D eigenvalue weighted by molar-refractivity contribution is -0.111. The molecule has 5 heteroatoms. The van der Waals surface area contributed by atoms with Crippen LogP contribution in [0.15, 0.2) is 71.3 Å². The Kier molecular flexibility index (Phi) is 4.87. The predicted octanol–water partition coefficient (Wildman–Crippen LogP) is 4.60. The predicted molar refractivity (Wildman–Crippen MR) is 98.8 cm³/mol. The Hall–Kier alpha value is -2.41. The van der Waals surface area contributed by atoms with Crippen LogP contribution in [0.3, 0.4) is 0 Å². The van der Waals surface area contributed by atoms with E-state index in [1.165, 1.54) is 6.08 Å². The van der Waals surface area contributed by atoms with Crippen LogP contribution < -0.4 is 5.32 Å². The van der Waals surface area contributed by atoms with Gasteiger partial charge in [-0.25, -0.2) is 4.98 Å². The van der Waals surface area contributed by atoms with E-state index < -0.39 is 0 Å². The van der Waals surface area contributed by atoms with Gasteiger partial charge in [-0.1, -0.05) is 30.3 Å². The summed E-state index contributed by atoms with van der Waals surface area (Å²) < 4.78 is 6.72. The number of benzene rings is 1. The lowest BCUT2D eigenvalue weighted by Gasteiger charge is -2.00. The average molecular weight is 416 g/mol. The number of amides is 1. The van der Waals surface area contributed by atoms with Crippen molar-refractivity contribution in [2.24, 2.45) is 0 Å². The SMILES string of the molecule is O=C(/C=C/c1ccc(-c2ccccc2)o1)Nc1ccc(I)cn1. The number of nitrogens with zero attached hydrogens (tertiary/aromatic N) is 1. The third kappa shape index (κ3) is 4.29. The monoisotopic (exact) mass is 416 g/mol. The van der Waals surface area contributed by atoms with Gasteiger partial charge < -0.3 is 9.73 Å². The molecule has 3 aromatic rings. The lowest BCUT2D eigenvalue weighted by Crippen LogP contribution is -2.08. The zero-order chi connectivity index (χ0) is 16.1. The number of aromatic nitrogens is 1. The van der Waals surface area contributed by atoms with Crippen LogP contribution in [-0.2, 0) is 4.79 Å². The first-order valence-electron chi connectivity index (χ1n) is 6.96. The molecule has 1 N–H and O–H groups in total. The highest BCUT2D eigenvalue weighted by Gasteiger charge is 2.03. The Morgan fingerprint density at radius 2 is 1.91 bits per heavy atom. The summed E-state index contributed by atoms with van der Waals surface area (Å²) in [5, 5.41) is 2.70. The van der Waals surface area contributed by atoms with Gasteiger partial charge in [0.05, 0.1) is 0 Å². The van der Waals surface area contributed by atoms with E-state index in [0.29, 0.717) is 11.6 Å². The number of halogens is 1. The summed E-state index contributed by atoms with van der Waals surface area (Å²) in [6.45, 7) is 0. The van der Waals surface area contributed by atoms with Crippen LogP contribution in [0.1, 0.15) is 5.76 Å². The first-order valence-corrected chi connectivity index (χ1v) is 8.04. The Bertz CT molecular complexity index is 824. The van der Waals surface area contributed by atoms with Gasteiger partial charge in [0.25, 0.3) is 0 Å². The number of hydrogen-bond acceptors (Lipinski definition) is 3. The van der Waals surface area contributed by atoms with Crippen LogP contribution in [-0.4, -0.2) is 10.9 Å². The highest BCUT2D eigenvalue weighted by Crippen LogP contribution is 2.22. The lowest BCUT2D eigenvalue weighted by atomic mass is 10.2. The standard InChI is InChI=1S/C18H13IN2O2/c19-14-6-10-17(20-12-14)21-18(22)11-8-15-7-9-16(23-15)13-4-2-1-3-5-13/h1-12H,(H,20,21,22)/b11-8+. The summed E-state index contributed by atoms with van der Waals surface area (Å²) in [4.78, 5) is 16.0. The van der Waals surface area contributed by atoms with E-state index in [0.717, 1.165) is 14.9 Å². The van der Waals surface area contributed by atoms with Gasteiger partial charge in [0.2, 0.25) is 5.91 Å². The first kappa shape index (κ1) is 15.5. The molecule has 2 heterocycles. The third-order valence-electron chi connectivity index (χ3n) is 3.06. The van der Waals surface area contributed by atoms with Gasteiger partial charge in [0.1, 0.15) is 17.3 Å². The molecule has 0 aliphatic rings. The molecule has 3 rings (SSSR count). The molecule has 23 heavy (non-hydrogen) atoms. The molecule has 1 aromatic carbocycles. The Morgan fingerprint density at radius 1 is 1.09 bits per heavy atom. The van der Waals surface area contributed by atoms with Crippen molar-refractivity contribution in [1.29, 1.82) is 0 Å². The number of rotatable bonds is 4. The van der Waals surface area contributed by atoms with E-state index >= 15 is 0 Å². The zero-order valence-corrected chi connectivity index (χ0v) is 14.2. The highest BCUT2D eigenvalue weighted by molar-refractivity contribution is 14.1. The maximum atomic E-state index is 11.9. The van der Waals surface area contributed by atoms with Crippen molar-refractivity contribution in [2.75, 3.05) is 5.32 Å². The molecule has 0 spiro atoms. The van der Waals surface area contributed by atoms with Crippen molar-refractivity contribution < 1.29 is 9.21 Å². The van der Waals surface area contributed by atoms with Crippen LogP contribution in [0.4, 0.5) is 5.82 Å². The van der Waals surface area contributed by atoms with Gasteiger partial charge in [0.15, 0.2) is 0 Å². The van der Waals surface area contributed by atoms with E-state index in [1.54, 1.807) is 18.3 Å². The van der Waals surface area contributed by atoms with Crippen molar-refractivity contribution in [3.05, 3.63) is 76.2 Å². The Morgan fingerprint density at radius 3 is 2.65 bits per heavy atom. The van der Waals surface area contributed by atoms with Gasteiger partial charge in [-0.3, -0.25) is 4.79 Å². The molecule has 0 radical (unpaired) electrons. The zero-order valence-electron chi connectivity index (χ0n) is 12.1. The molecular weight excluding hydrogens is 403 g/mol. The van der Waals surface area contributed by atoms with Crippen molar-refractivity contribution in [3.8, 4) is 11.3 Å². The van der Waals surface area contributed by atoms with Crippen LogP contribution in [0.2, 0.25) is 0 Å². The number of pyridine rings is 1. The number of hydrogen-bond donors (Lipinski definition) is 1. The van der Waals surface area contributed by atoms with Gasteiger partial charge in [-0.2, -0.15) is 0 Å². The van der Waals surface area contributed by atoms with Crippen LogP contribution in [0.25, 0.3) is 17.4 Å². The highest BCUT2D eigenvalue weighted by atomic mass is 127. The fraction of sp³-hybridized carbons (Fsp3) is 0. The molecule has 4 nitrogen and oxygen atoms in total. The summed E-state index contributed by atoms with van der Waals surface area (Å²) in [6, 6.07) is 17.2. The van der Waals surface area contributed by atoms with Crippen molar-refractivity contribution >= 4 is 40.4 Å². The molecule has 1 amide bonds. The van der Waals surface area contributed by atoms with E-state index in [4.69, 9.17) is 4.42 Å². The second-order valence-corrected chi connectivity index (χ2v) is 6.00. The molecule has 0 aliphatic heterocycles. The molecule has 0 unspecified atom stereocenters. The topological polar surface area (TPSA) is 55.1 Å². The smallest absolute Gasteiger partial charge is 0.249 e. The fourth-order valence-electron chi connectivity index (χ4n) is 1.98. The van der Waals surface area contributed by atoms with Crippen LogP contribution in [0.5, 0.6) is 0 Å². The molecule has 0 aliphatic carbocycles. The minimum Gasteiger partial charge on any atom is -0.457 e. The Labute approximate surface area is 147 Å². The van der Waals surface area contributed by atoms with Gasteiger partial charge in [-0.15, -0.1) is 0 Å². The van der Waals surface area contributed by atoms with Crippen molar-refractivity contribution in [1.82, 2.24) is 4.98 Å². The minimum atomic E-state index is -0.253. The van der Waals surface area contributed by atoms with Gasteiger partial charge in [0, 0.05) is 21.4 Å². The second kappa shape index (κ2) is 7.23. The molecular formula is C18H13IN2O2. The maximum absolute atomic E-state index is 11.9. The fourth-order valence-corrected chi connectivity index (χ4v) is 2.29.